The minimum Gasteiger partial charge on any atom is -0.313 e. The quantitative estimate of drug-likeness (QED) is 0.850. The Morgan fingerprint density at radius 2 is 2.18 bits per heavy atom. The molecule has 0 amide bonds. The number of aryl methyl sites for hydroxylation is 1. The molecule has 2 unspecified atom stereocenters. The summed E-state index contributed by atoms with van der Waals surface area (Å²) in [4.78, 5) is 0. The van der Waals surface area contributed by atoms with Gasteiger partial charge in [0.15, 0.2) is 0 Å². The molecule has 2 rings (SSSR count). The molecule has 0 aromatic carbocycles. The lowest BCUT2D eigenvalue weighted by molar-refractivity contribution is 0.328. The van der Waals surface area contributed by atoms with Gasteiger partial charge in [0.25, 0.3) is 0 Å². The zero-order valence-corrected chi connectivity index (χ0v) is 11.2. The summed E-state index contributed by atoms with van der Waals surface area (Å²) in [7, 11) is 0. The minimum atomic E-state index is 0.665. The van der Waals surface area contributed by atoms with Crippen LogP contribution >= 0.6 is 0 Å². The van der Waals surface area contributed by atoms with E-state index in [2.05, 4.69) is 36.7 Å². The Morgan fingerprint density at radius 3 is 2.88 bits per heavy atom. The van der Waals surface area contributed by atoms with Crippen LogP contribution in [0.5, 0.6) is 0 Å². The van der Waals surface area contributed by atoms with E-state index in [1.165, 1.54) is 37.7 Å². The van der Waals surface area contributed by atoms with Crippen LogP contribution in [0.2, 0.25) is 0 Å². The van der Waals surface area contributed by atoms with Crippen molar-refractivity contribution in [1.82, 2.24) is 15.1 Å². The van der Waals surface area contributed by atoms with Crippen molar-refractivity contribution >= 4 is 0 Å². The first-order valence-corrected chi connectivity index (χ1v) is 7.10. The molecule has 1 aromatic heterocycles. The van der Waals surface area contributed by atoms with E-state index in [4.69, 9.17) is 0 Å². The minimum absolute atomic E-state index is 0.665. The van der Waals surface area contributed by atoms with Gasteiger partial charge in [0.2, 0.25) is 0 Å². The summed E-state index contributed by atoms with van der Waals surface area (Å²) < 4.78 is 2.04. The van der Waals surface area contributed by atoms with Gasteiger partial charge in [-0.05, 0) is 38.3 Å². The first-order chi connectivity index (χ1) is 8.35. The van der Waals surface area contributed by atoms with Gasteiger partial charge in [-0.1, -0.05) is 19.8 Å². The fourth-order valence-corrected chi connectivity index (χ4v) is 2.85. The molecule has 0 bridgehead atoms. The molecule has 0 aliphatic heterocycles. The zero-order chi connectivity index (χ0) is 12.1. The molecule has 1 fully saturated rings. The average molecular weight is 235 g/mol. The van der Waals surface area contributed by atoms with E-state index in [-0.39, 0.29) is 0 Å². The summed E-state index contributed by atoms with van der Waals surface area (Å²) >= 11 is 0. The first-order valence-electron chi connectivity index (χ1n) is 7.10. The Bertz CT molecular complexity index is 332. The highest BCUT2D eigenvalue weighted by Gasteiger charge is 2.26. The summed E-state index contributed by atoms with van der Waals surface area (Å²) in [5.74, 6) is 0.676. The third-order valence-electron chi connectivity index (χ3n) is 3.83. The molecule has 17 heavy (non-hydrogen) atoms. The van der Waals surface area contributed by atoms with Crippen LogP contribution in [0, 0.1) is 0 Å². The van der Waals surface area contributed by atoms with E-state index < -0.39 is 0 Å². The van der Waals surface area contributed by atoms with E-state index >= 15 is 0 Å². The standard InChI is InChI=1S/C14H25N3/c1-3-9-15-14-8-6-5-7-13(14)12-10-16-17(4-2)11-12/h10-11,13-15H,3-9H2,1-2H3. The van der Waals surface area contributed by atoms with Gasteiger partial charge in [0.1, 0.15) is 0 Å². The summed E-state index contributed by atoms with van der Waals surface area (Å²) in [5, 5.41) is 8.12. The number of rotatable bonds is 5. The van der Waals surface area contributed by atoms with Crippen LogP contribution in [-0.2, 0) is 6.54 Å². The molecule has 1 aliphatic rings. The molecule has 96 valence electrons. The lowest BCUT2D eigenvalue weighted by Gasteiger charge is -2.31. The first kappa shape index (κ1) is 12.6. The van der Waals surface area contributed by atoms with Crippen molar-refractivity contribution < 1.29 is 0 Å². The average Bonchev–Trinajstić information content (AvgIpc) is 2.85. The van der Waals surface area contributed by atoms with Crippen molar-refractivity contribution in [2.45, 2.75) is 64.5 Å². The number of hydrogen-bond acceptors (Lipinski definition) is 2. The second-order valence-corrected chi connectivity index (χ2v) is 5.08. The van der Waals surface area contributed by atoms with E-state index in [0.717, 1.165) is 13.1 Å². The molecule has 1 aliphatic carbocycles. The second-order valence-electron chi connectivity index (χ2n) is 5.08. The van der Waals surface area contributed by atoms with E-state index in [9.17, 15) is 0 Å². The Labute approximate surface area is 105 Å². The van der Waals surface area contributed by atoms with Crippen molar-refractivity contribution in [3.8, 4) is 0 Å². The molecule has 1 saturated carbocycles. The summed E-state index contributed by atoms with van der Waals surface area (Å²) in [5.41, 5.74) is 1.43. The maximum absolute atomic E-state index is 4.41. The van der Waals surface area contributed by atoms with Crippen LogP contribution in [0.15, 0.2) is 12.4 Å². The number of aromatic nitrogens is 2. The fraction of sp³-hybridized carbons (Fsp3) is 0.786. The van der Waals surface area contributed by atoms with Gasteiger partial charge in [0, 0.05) is 24.7 Å². The molecular weight excluding hydrogens is 210 g/mol. The van der Waals surface area contributed by atoms with Crippen LogP contribution in [0.25, 0.3) is 0 Å². The molecule has 1 N–H and O–H groups in total. The molecular formula is C14H25N3. The van der Waals surface area contributed by atoms with E-state index in [1.807, 2.05) is 4.68 Å². The van der Waals surface area contributed by atoms with Gasteiger partial charge in [-0.15, -0.1) is 0 Å². The lowest BCUT2D eigenvalue weighted by atomic mass is 9.81. The smallest absolute Gasteiger partial charge is 0.0525 e. The Kier molecular flexibility index (Phi) is 4.60. The van der Waals surface area contributed by atoms with Crippen molar-refractivity contribution in [1.29, 1.82) is 0 Å². The van der Waals surface area contributed by atoms with Crippen LogP contribution in [0.4, 0.5) is 0 Å². The largest absolute Gasteiger partial charge is 0.313 e. The highest BCUT2D eigenvalue weighted by Crippen LogP contribution is 2.32. The van der Waals surface area contributed by atoms with Gasteiger partial charge in [-0.25, -0.2) is 0 Å². The van der Waals surface area contributed by atoms with Crippen LogP contribution in [-0.4, -0.2) is 22.4 Å². The summed E-state index contributed by atoms with van der Waals surface area (Å²) in [6, 6.07) is 0.665. The van der Waals surface area contributed by atoms with Crippen LogP contribution in [0.1, 0.15) is 57.4 Å². The van der Waals surface area contributed by atoms with Crippen molar-refractivity contribution in [2.75, 3.05) is 6.54 Å². The van der Waals surface area contributed by atoms with Crippen molar-refractivity contribution in [3.05, 3.63) is 18.0 Å². The Morgan fingerprint density at radius 1 is 1.35 bits per heavy atom. The predicted octanol–water partition coefficient (Wildman–Crippen LogP) is 2.93. The second kappa shape index (κ2) is 6.20. The third kappa shape index (κ3) is 3.09. The summed E-state index contributed by atoms with van der Waals surface area (Å²) in [6.45, 7) is 6.49. The van der Waals surface area contributed by atoms with E-state index in [0.29, 0.717) is 12.0 Å². The number of hydrogen-bond donors (Lipinski definition) is 1. The van der Waals surface area contributed by atoms with Gasteiger partial charge < -0.3 is 5.32 Å². The van der Waals surface area contributed by atoms with Gasteiger partial charge in [-0.3, -0.25) is 4.68 Å². The number of nitrogens with zero attached hydrogens (tertiary/aromatic N) is 2. The maximum Gasteiger partial charge on any atom is 0.0525 e. The molecule has 2 atom stereocenters. The van der Waals surface area contributed by atoms with Gasteiger partial charge in [0.05, 0.1) is 6.20 Å². The fourth-order valence-electron chi connectivity index (χ4n) is 2.85. The summed E-state index contributed by atoms with van der Waals surface area (Å²) in [6.07, 6.45) is 10.9. The predicted molar refractivity (Wildman–Crippen MR) is 71.2 cm³/mol. The highest BCUT2D eigenvalue weighted by molar-refractivity contribution is 5.15. The molecule has 0 spiro atoms. The lowest BCUT2D eigenvalue weighted by Crippen LogP contribution is -2.37. The molecule has 3 nitrogen and oxygen atoms in total. The monoisotopic (exact) mass is 235 g/mol. The van der Waals surface area contributed by atoms with Gasteiger partial charge >= 0.3 is 0 Å². The molecule has 0 saturated heterocycles. The molecule has 3 heteroatoms. The van der Waals surface area contributed by atoms with Crippen LogP contribution in [0.3, 0.4) is 0 Å². The normalized spacial score (nSPS) is 25.1. The zero-order valence-electron chi connectivity index (χ0n) is 11.2. The molecule has 1 aromatic rings. The van der Waals surface area contributed by atoms with Crippen molar-refractivity contribution in [3.63, 3.8) is 0 Å². The maximum atomic E-state index is 4.41. The highest BCUT2D eigenvalue weighted by atomic mass is 15.3. The molecule has 0 radical (unpaired) electrons. The third-order valence-corrected chi connectivity index (χ3v) is 3.83. The topological polar surface area (TPSA) is 29.9 Å². The number of nitrogens with one attached hydrogen (secondary N) is 1. The Balaban J connectivity index is 2.04. The van der Waals surface area contributed by atoms with Gasteiger partial charge in [-0.2, -0.15) is 5.10 Å². The molecule has 1 heterocycles. The Hall–Kier alpha value is -0.830. The SMILES string of the molecule is CCCNC1CCCCC1c1cnn(CC)c1. The van der Waals surface area contributed by atoms with Crippen molar-refractivity contribution in [2.24, 2.45) is 0 Å². The van der Waals surface area contributed by atoms with E-state index in [1.54, 1.807) is 0 Å². The van der Waals surface area contributed by atoms with Crippen LogP contribution < -0.4 is 5.32 Å².